The number of hydrogen-bond acceptors (Lipinski definition) is 4. The van der Waals surface area contributed by atoms with Crippen molar-refractivity contribution in [2.45, 2.75) is 31.6 Å². The monoisotopic (exact) mass is 370 g/mol. The maximum atomic E-state index is 13.3. The van der Waals surface area contributed by atoms with Crippen molar-refractivity contribution in [2.24, 2.45) is 0 Å². The van der Waals surface area contributed by atoms with E-state index in [1.54, 1.807) is 11.3 Å². The zero-order valence-electron chi connectivity index (χ0n) is 13.4. The molecule has 1 aliphatic carbocycles. The van der Waals surface area contributed by atoms with Crippen molar-refractivity contribution >= 4 is 44.2 Å². The lowest BCUT2D eigenvalue weighted by molar-refractivity contribution is 0.699. The van der Waals surface area contributed by atoms with Crippen LogP contribution in [0.2, 0.25) is 0 Å². The van der Waals surface area contributed by atoms with E-state index in [9.17, 15) is 4.79 Å². The molecule has 3 aromatic heterocycles. The lowest BCUT2D eigenvalue weighted by atomic mass is 9.97. The summed E-state index contributed by atoms with van der Waals surface area (Å²) < 4.78 is 1.54. The molecule has 126 valence electrons. The molecule has 0 atom stereocenters. The van der Waals surface area contributed by atoms with E-state index >= 15 is 0 Å². The number of fused-ring (bicyclic) bond motifs is 4. The fourth-order valence-corrected chi connectivity index (χ4v) is 5.05. The van der Waals surface area contributed by atoms with Gasteiger partial charge in [0.15, 0.2) is 0 Å². The SMILES string of the molecule is O=c1c2c3c(sc2nc(CCl)n1-c1nc2ccccc2[nH]1)CCCC3. The van der Waals surface area contributed by atoms with E-state index in [2.05, 4.69) is 9.97 Å². The molecule has 0 unspecified atom stereocenters. The van der Waals surface area contributed by atoms with Crippen molar-refractivity contribution in [1.82, 2.24) is 19.5 Å². The van der Waals surface area contributed by atoms with Gasteiger partial charge in [-0.05, 0) is 43.4 Å². The molecule has 3 heterocycles. The second kappa shape index (κ2) is 5.68. The summed E-state index contributed by atoms with van der Waals surface area (Å²) in [7, 11) is 0. The Bertz CT molecular complexity index is 1140. The van der Waals surface area contributed by atoms with Crippen molar-refractivity contribution in [3.8, 4) is 5.95 Å². The van der Waals surface area contributed by atoms with E-state index in [4.69, 9.17) is 16.6 Å². The van der Waals surface area contributed by atoms with Gasteiger partial charge in [-0.2, -0.15) is 0 Å². The molecule has 1 aliphatic rings. The Labute approximate surface area is 152 Å². The van der Waals surface area contributed by atoms with Gasteiger partial charge in [-0.1, -0.05) is 12.1 Å². The van der Waals surface area contributed by atoms with Gasteiger partial charge in [-0.15, -0.1) is 22.9 Å². The van der Waals surface area contributed by atoms with Crippen LogP contribution in [0.4, 0.5) is 0 Å². The number of aromatic amines is 1. The number of benzene rings is 1. The molecule has 5 rings (SSSR count). The molecule has 0 bridgehead atoms. The number of hydrogen-bond donors (Lipinski definition) is 1. The zero-order chi connectivity index (χ0) is 17.0. The average Bonchev–Trinajstić information content (AvgIpc) is 3.22. The van der Waals surface area contributed by atoms with Gasteiger partial charge < -0.3 is 4.98 Å². The molecular weight excluding hydrogens is 356 g/mol. The van der Waals surface area contributed by atoms with Crippen molar-refractivity contribution in [1.29, 1.82) is 0 Å². The highest BCUT2D eigenvalue weighted by atomic mass is 35.5. The summed E-state index contributed by atoms with van der Waals surface area (Å²) in [5.41, 5.74) is 2.81. The average molecular weight is 371 g/mol. The highest BCUT2D eigenvalue weighted by Gasteiger charge is 2.23. The predicted molar refractivity (Wildman–Crippen MR) is 101 cm³/mol. The minimum absolute atomic E-state index is 0.0703. The van der Waals surface area contributed by atoms with Gasteiger partial charge in [-0.25, -0.2) is 14.5 Å². The zero-order valence-corrected chi connectivity index (χ0v) is 15.0. The van der Waals surface area contributed by atoms with Gasteiger partial charge in [0.25, 0.3) is 5.56 Å². The molecule has 0 saturated carbocycles. The number of imidazole rings is 1. The molecule has 1 aromatic carbocycles. The Kier molecular flexibility index (Phi) is 3.43. The number of aryl methyl sites for hydroxylation is 2. The third kappa shape index (κ3) is 2.24. The minimum Gasteiger partial charge on any atom is -0.323 e. The standard InChI is InChI=1S/C18H15ClN4OS/c19-9-14-22-16-15(10-5-1-4-8-13(10)25-16)17(24)23(14)18-20-11-6-2-3-7-12(11)21-18/h2-3,6-7H,1,4-5,8-9H2,(H,20,21). The van der Waals surface area contributed by atoms with Crippen LogP contribution in [0.3, 0.4) is 0 Å². The van der Waals surface area contributed by atoms with E-state index in [0.717, 1.165) is 40.5 Å². The second-order valence-electron chi connectivity index (χ2n) is 6.27. The second-order valence-corrected chi connectivity index (χ2v) is 7.62. The Morgan fingerprint density at radius 3 is 2.88 bits per heavy atom. The van der Waals surface area contributed by atoms with Crippen LogP contribution >= 0.6 is 22.9 Å². The van der Waals surface area contributed by atoms with Gasteiger partial charge >= 0.3 is 0 Å². The van der Waals surface area contributed by atoms with Crippen LogP contribution in [0.1, 0.15) is 29.1 Å². The number of halogens is 1. The first-order valence-corrected chi connectivity index (χ1v) is 9.68. The molecule has 7 heteroatoms. The Balaban J connectivity index is 1.84. The number of alkyl halides is 1. The molecule has 0 amide bonds. The van der Waals surface area contributed by atoms with Crippen LogP contribution in [-0.2, 0) is 18.7 Å². The largest absolute Gasteiger partial charge is 0.323 e. The van der Waals surface area contributed by atoms with Gasteiger partial charge in [0, 0.05) is 4.88 Å². The van der Waals surface area contributed by atoms with Gasteiger partial charge in [0.2, 0.25) is 5.95 Å². The van der Waals surface area contributed by atoms with Crippen LogP contribution in [0.5, 0.6) is 0 Å². The van der Waals surface area contributed by atoms with E-state index in [1.807, 2.05) is 24.3 Å². The molecule has 0 saturated heterocycles. The fourth-order valence-electron chi connectivity index (χ4n) is 3.60. The van der Waals surface area contributed by atoms with Gasteiger partial charge in [-0.3, -0.25) is 4.79 Å². The number of aromatic nitrogens is 4. The molecular formula is C18H15ClN4OS. The van der Waals surface area contributed by atoms with Crippen molar-refractivity contribution in [3.63, 3.8) is 0 Å². The number of para-hydroxylation sites is 2. The first-order valence-electron chi connectivity index (χ1n) is 8.33. The van der Waals surface area contributed by atoms with E-state index in [1.165, 1.54) is 21.4 Å². The quantitative estimate of drug-likeness (QED) is 0.543. The fraction of sp³-hybridized carbons (Fsp3) is 0.278. The number of nitrogens with zero attached hydrogens (tertiary/aromatic N) is 3. The molecule has 0 spiro atoms. The lowest BCUT2D eigenvalue weighted by Crippen LogP contribution is -2.24. The molecule has 25 heavy (non-hydrogen) atoms. The van der Waals surface area contributed by atoms with Gasteiger partial charge in [0.05, 0.1) is 22.3 Å². The van der Waals surface area contributed by atoms with E-state index in [0.29, 0.717) is 11.8 Å². The Morgan fingerprint density at radius 1 is 1.20 bits per heavy atom. The molecule has 4 aromatic rings. The Hall–Kier alpha value is -2.18. The van der Waals surface area contributed by atoms with Crippen molar-refractivity contribution < 1.29 is 0 Å². The Morgan fingerprint density at radius 2 is 2.04 bits per heavy atom. The van der Waals surface area contributed by atoms with Crippen LogP contribution < -0.4 is 5.56 Å². The molecule has 0 aliphatic heterocycles. The summed E-state index contributed by atoms with van der Waals surface area (Å²) in [5.74, 6) is 1.16. The first-order chi connectivity index (χ1) is 12.3. The number of rotatable bonds is 2. The summed E-state index contributed by atoms with van der Waals surface area (Å²) in [6.45, 7) is 0. The maximum Gasteiger partial charge on any atom is 0.269 e. The summed E-state index contributed by atoms with van der Waals surface area (Å²) in [5, 5.41) is 0.744. The summed E-state index contributed by atoms with van der Waals surface area (Å²) in [6.07, 6.45) is 4.30. The summed E-state index contributed by atoms with van der Waals surface area (Å²) >= 11 is 7.76. The topological polar surface area (TPSA) is 63.6 Å². The highest BCUT2D eigenvalue weighted by molar-refractivity contribution is 7.18. The minimum atomic E-state index is -0.0703. The lowest BCUT2D eigenvalue weighted by Gasteiger charge is -2.11. The van der Waals surface area contributed by atoms with Crippen molar-refractivity contribution in [2.75, 3.05) is 0 Å². The van der Waals surface area contributed by atoms with Gasteiger partial charge in [0.1, 0.15) is 10.7 Å². The third-order valence-corrected chi connectivity index (χ3v) is 6.19. The third-order valence-electron chi connectivity index (χ3n) is 4.77. The molecule has 0 radical (unpaired) electrons. The summed E-state index contributed by atoms with van der Waals surface area (Å²) in [6, 6.07) is 7.72. The van der Waals surface area contributed by atoms with Crippen LogP contribution in [0, 0.1) is 0 Å². The highest BCUT2D eigenvalue weighted by Crippen LogP contribution is 2.34. The maximum absolute atomic E-state index is 13.3. The predicted octanol–water partition coefficient (Wildman–Crippen LogP) is 3.94. The van der Waals surface area contributed by atoms with Crippen LogP contribution in [0.25, 0.3) is 27.2 Å². The number of nitrogens with one attached hydrogen (secondary N) is 1. The number of thiophene rings is 1. The van der Waals surface area contributed by atoms with Crippen LogP contribution in [0.15, 0.2) is 29.1 Å². The normalized spacial score (nSPS) is 14.3. The number of H-pyrrole nitrogens is 1. The van der Waals surface area contributed by atoms with Crippen molar-refractivity contribution in [3.05, 3.63) is 50.9 Å². The van der Waals surface area contributed by atoms with Crippen LogP contribution in [-0.4, -0.2) is 19.5 Å². The smallest absolute Gasteiger partial charge is 0.269 e. The molecule has 0 fully saturated rings. The molecule has 1 N–H and O–H groups in total. The van der Waals surface area contributed by atoms with E-state index in [-0.39, 0.29) is 11.4 Å². The molecule has 5 nitrogen and oxygen atoms in total. The first kappa shape index (κ1) is 15.1. The summed E-state index contributed by atoms with van der Waals surface area (Å²) in [4.78, 5) is 27.9. The van der Waals surface area contributed by atoms with E-state index < -0.39 is 0 Å².